The molecule has 16 aromatic carbocycles. The molecule has 0 N–H and O–H groups in total. The van der Waals surface area contributed by atoms with Crippen LogP contribution in [0.2, 0.25) is 0 Å². The monoisotopic (exact) mass is 1040 g/mol. The van der Waals surface area contributed by atoms with E-state index in [1.807, 2.05) is 0 Å². The van der Waals surface area contributed by atoms with Gasteiger partial charge in [-0.1, -0.05) is 212 Å². The summed E-state index contributed by atoms with van der Waals surface area (Å²) in [6.45, 7) is -0.110. The second-order valence-electron chi connectivity index (χ2n) is 22.6. The molecule has 0 bridgehead atoms. The van der Waals surface area contributed by atoms with Gasteiger partial charge in [0.15, 0.2) is 0 Å². The fourth-order valence-electron chi connectivity index (χ4n) is 15.3. The number of aromatic nitrogens is 1. The third-order valence-corrected chi connectivity index (χ3v) is 18.7. The summed E-state index contributed by atoms with van der Waals surface area (Å²) in [5.41, 5.74) is 14.4. The van der Waals surface area contributed by atoms with Crippen molar-refractivity contribution >= 4 is 176 Å². The Kier molecular flexibility index (Phi) is 8.87. The van der Waals surface area contributed by atoms with Crippen LogP contribution in [0, 0.1) is 0 Å². The van der Waals surface area contributed by atoms with Crippen molar-refractivity contribution in [3.05, 3.63) is 279 Å². The molecule has 376 valence electrons. The first-order chi connectivity index (χ1) is 40.7. The highest BCUT2D eigenvalue weighted by Gasteiger charge is 2.44. The first-order valence-corrected chi connectivity index (χ1v) is 28.6. The highest BCUT2D eigenvalue weighted by molar-refractivity contribution is 7.00. The van der Waals surface area contributed by atoms with E-state index in [-0.39, 0.29) is 6.71 Å². The van der Waals surface area contributed by atoms with Crippen LogP contribution >= 0.6 is 0 Å². The van der Waals surface area contributed by atoms with Crippen molar-refractivity contribution < 1.29 is 0 Å². The van der Waals surface area contributed by atoms with E-state index in [1.165, 1.54) is 158 Å². The molecule has 3 nitrogen and oxygen atoms in total. The molecule has 0 amide bonds. The van der Waals surface area contributed by atoms with E-state index in [1.54, 1.807) is 0 Å². The number of hydrogen-bond donors (Lipinski definition) is 0. The molecule has 2 aliphatic heterocycles. The van der Waals surface area contributed by atoms with Crippen LogP contribution < -0.4 is 26.2 Å². The van der Waals surface area contributed by atoms with E-state index in [0.29, 0.717) is 0 Å². The lowest BCUT2D eigenvalue weighted by Crippen LogP contribution is -2.61. The minimum absolute atomic E-state index is 0.110. The molecular weight excluding hydrogens is 990 g/mol. The fourth-order valence-corrected chi connectivity index (χ4v) is 15.3. The Labute approximate surface area is 472 Å². The van der Waals surface area contributed by atoms with Crippen LogP contribution in [0.5, 0.6) is 0 Å². The minimum Gasteiger partial charge on any atom is -0.311 e. The van der Waals surface area contributed by atoms with Crippen molar-refractivity contribution in [2.45, 2.75) is 0 Å². The highest BCUT2D eigenvalue weighted by Crippen LogP contribution is 2.49. The number of nitrogens with zero attached hydrogens (tertiary/aromatic N) is 3. The van der Waals surface area contributed by atoms with Gasteiger partial charge in [-0.05, 0) is 180 Å². The second kappa shape index (κ2) is 16.5. The SMILES string of the molecule is c1cc2c3c(c1)N(c1ccc4c5ccccc5c5ccccc5c4c1)c1cc4c5ccccc5c5ccccc5c4cc1B3c1ccc(-n3c4ccccc4c4ccccc43)cc1N2c1ccc2c3ccccc3c3ccccc3c2c1. The third kappa shape index (κ3) is 5.89. The van der Waals surface area contributed by atoms with Crippen molar-refractivity contribution in [1.82, 2.24) is 4.57 Å². The van der Waals surface area contributed by atoms with E-state index in [2.05, 4.69) is 293 Å². The van der Waals surface area contributed by atoms with Gasteiger partial charge in [-0.15, -0.1) is 0 Å². The predicted octanol–water partition coefficient (Wildman–Crippen LogP) is 19.2. The summed E-state index contributed by atoms with van der Waals surface area (Å²) in [5.74, 6) is 0. The molecule has 0 atom stereocenters. The molecule has 0 saturated heterocycles. The van der Waals surface area contributed by atoms with Gasteiger partial charge in [-0.3, -0.25) is 0 Å². The van der Waals surface area contributed by atoms with E-state index in [0.717, 1.165) is 17.1 Å². The summed E-state index contributed by atoms with van der Waals surface area (Å²) in [6, 6.07) is 106. The van der Waals surface area contributed by atoms with Crippen molar-refractivity contribution in [2.24, 2.45) is 0 Å². The summed E-state index contributed by atoms with van der Waals surface area (Å²) in [5, 5.41) is 25.2. The Morgan fingerprint density at radius 2 is 0.512 bits per heavy atom. The summed E-state index contributed by atoms with van der Waals surface area (Å²) in [4.78, 5) is 5.20. The average molecular weight is 1040 g/mol. The third-order valence-electron chi connectivity index (χ3n) is 18.7. The van der Waals surface area contributed by atoms with Crippen LogP contribution in [0.15, 0.2) is 279 Å². The zero-order chi connectivity index (χ0) is 53.3. The zero-order valence-corrected chi connectivity index (χ0v) is 44.5. The maximum Gasteiger partial charge on any atom is 0.252 e. The normalized spacial score (nSPS) is 13.0. The van der Waals surface area contributed by atoms with Gasteiger partial charge in [0, 0.05) is 50.6 Å². The van der Waals surface area contributed by atoms with E-state index >= 15 is 0 Å². The molecule has 0 fully saturated rings. The van der Waals surface area contributed by atoms with Crippen molar-refractivity contribution in [3.8, 4) is 5.69 Å². The average Bonchev–Trinajstić information content (AvgIpc) is 1.19. The van der Waals surface area contributed by atoms with Gasteiger partial charge < -0.3 is 14.4 Å². The molecule has 0 radical (unpaired) electrons. The van der Waals surface area contributed by atoms with Crippen molar-refractivity contribution in [1.29, 1.82) is 0 Å². The van der Waals surface area contributed by atoms with E-state index < -0.39 is 0 Å². The molecule has 1 aromatic heterocycles. The van der Waals surface area contributed by atoms with Crippen LogP contribution in [-0.2, 0) is 0 Å². The van der Waals surface area contributed by atoms with Gasteiger partial charge in [0.05, 0.1) is 11.0 Å². The van der Waals surface area contributed by atoms with Gasteiger partial charge in [-0.25, -0.2) is 0 Å². The molecule has 0 saturated carbocycles. The largest absolute Gasteiger partial charge is 0.311 e. The first kappa shape index (κ1) is 44.2. The van der Waals surface area contributed by atoms with Crippen LogP contribution in [0.3, 0.4) is 0 Å². The van der Waals surface area contributed by atoms with Gasteiger partial charge in [0.1, 0.15) is 0 Å². The lowest BCUT2D eigenvalue weighted by atomic mass is 9.33. The van der Waals surface area contributed by atoms with E-state index in [9.17, 15) is 0 Å². The van der Waals surface area contributed by atoms with E-state index in [4.69, 9.17) is 0 Å². The molecule has 82 heavy (non-hydrogen) atoms. The Balaban J connectivity index is 0.944. The Morgan fingerprint density at radius 1 is 0.195 bits per heavy atom. The molecule has 0 unspecified atom stereocenters. The number of fused-ring (bicyclic) bond motifs is 25. The maximum atomic E-state index is 2.60. The lowest BCUT2D eigenvalue weighted by molar-refractivity contribution is 1.17. The molecule has 19 rings (SSSR count). The topological polar surface area (TPSA) is 11.4 Å². The number of benzene rings is 16. The molecule has 17 aromatic rings. The Hall–Kier alpha value is -10.7. The Morgan fingerprint density at radius 3 is 0.927 bits per heavy atom. The molecule has 4 heteroatoms. The van der Waals surface area contributed by atoms with Crippen LogP contribution in [0.1, 0.15) is 0 Å². The number of para-hydroxylation sites is 2. The molecular formula is C78H46BN3. The standard InChI is InChI=1S/C78H46BN3/c1-3-24-56-50(18-1)52-20-5-9-26-58(52)66-42-47(36-39-62(56)66)81-74-34-17-35-75-78(74)79(70-41-38-49(44-76(70)81)80-72-32-15-13-30-64(72)65-31-14-16-33-73(65)80)71-45-68-60-28-11-7-22-54(60)55-23-8-12-29-61(55)69(68)46-77(71)82(75)48-37-40-63-57-25-4-2-19-51(57)53-21-6-10-27-59(53)67(63)43-48/h1-46H. The lowest BCUT2D eigenvalue weighted by Gasteiger charge is -2.44. The van der Waals surface area contributed by atoms with Gasteiger partial charge in [0.25, 0.3) is 6.71 Å². The summed E-state index contributed by atoms with van der Waals surface area (Å²) >= 11 is 0. The van der Waals surface area contributed by atoms with Crippen molar-refractivity contribution in [3.63, 3.8) is 0 Å². The zero-order valence-electron chi connectivity index (χ0n) is 44.5. The van der Waals surface area contributed by atoms with Crippen LogP contribution in [0.4, 0.5) is 34.1 Å². The highest BCUT2D eigenvalue weighted by atomic mass is 15.2. The predicted molar refractivity (Wildman–Crippen MR) is 352 cm³/mol. The van der Waals surface area contributed by atoms with Gasteiger partial charge in [-0.2, -0.15) is 0 Å². The molecule has 0 spiro atoms. The summed E-state index contributed by atoms with van der Waals surface area (Å²) in [6.07, 6.45) is 0. The molecule has 3 heterocycles. The quantitative estimate of drug-likeness (QED) is 0.129. The number of rotatable bonds is 3. The number of anilines is 6. The smallest absolute Gasteiger partial charge is 0.252 e. The molecule has 0 aliphatic carbocycles. The Bertz CT molecular complexity index is 5570. The minimum atomic E-state index is -0.110. The summed E-state index contributed by atoms with van der Waals surface area (Å²) in [7, 11) is 0. The van der Waals surface area contributed by atoms with Crippen molar-refractivity contribution in [2.75, 3.05) is 9.80 Å². The first-order valence-electron chi connectivity index (χ1n) is 28.6. The van der Waals surface area contributed by atoms with Gasteiger partial charge >= 0.3 is 0 Å². The number of hydrogen-bond acceptors (Lipinski definition) is 2. The maximum absolute atomic E-state index is 2.60. The van der Waals surface area contributed by atoms with Crippen LogP contribution in [-0.4, -0.2) is 11.3 Å². The summed E-state index contributed by atoms with van der Waals surface area (Å²) < 4.78 is 2.48. The van der Waals surface area contributed by atoms with Crippen LogP contribution in [0.25, 0.3) is 124 Å². The van der Waals surface area contributed by atoms with Gasteiger partial charge in [0.2, 0.25) is 0 Å². The fraction of sp³-hybridized carbons (Fsp3) is 0. The molecule has 2 aliphatic rings. The second-order valence-corrected chi connectivity index (χ2v) is 22.6.